The molecule has 1 aromatic rings. The van der Waals surface area contributed by atoms with Gasteiger partial charge in [0, 0.05) is 5.54 Å². The molecule has 1 saturated heterocycles. The molecule has 92 valence electrons. The van der Waals surface area contributed by atoms with Crippen LogP contribution < -0.4 is 10.1 Å². The molecule has 1 heterocycles. The molecule has 0 spiro atoms. The van der Waals surface area contributed by atoms with E-state index < -0.39 is 0 Å². The minimum Gasteiger partial charge on any atom is -0.490 e. The van der Waals surface area contributed by atoms with E-state index in [9.17, 15) is 0 Å². The Morgan fingerprint density at radius 2 is 1.94 bits per heavy atom. The summed E-state index contributed by atoms with van der Waals surface area (Å²) in [5, 5.41) is 3.59. The van der Waals surface area contributed by atoms with E-state index in [0.29, 0.717) is 6.10 Å². The smallest absolute Gasteiger partial charge is 0.119 e. The summed E-state index contributed by atoms with van der Waals surface area (Å²) in [4.78, 5) is 0. The highest BCUT2D eigenvalue weighted by molar-refractivity contribution is 5.32. The van der Waals surface area contributed by atoms with E-state index >= 15 is 0 Å². The average molecular weight is 231 g/mol. The zero-order valence-electron chi connectivity index (χ0n) is 10.5. The summed E-state index contributed by atoms with van der Waals surface area (Å²) < 4.78 is 5.88. The first-order valence-corrected chi connectivity index (χ1v) is 6.78. The Morgan fingerprint density at radius 1 is 1.18 bits per heavy atom. The van der Waals surface area contributed by atoms with E-state index in [0.717, 1.165) is 12.3 Å². The van der Waals surface area contributed by atoms with Crippen LogP contribution in [-0.4, -0.2) is 12.6 Å². The van der Waals surface area contributed by atoms with E-state index in [-0.39, 0.29) is 5.54 Å². The van der Waals surface area contributed by atoms with Gasteiger partial charge in [-0.3, -0.25) is 0 Å². The number of nitrogens with one attached hydrogen (secondary N) is 1. The highest BCUT2D eigenvalue weighted by atomic mass is 16.5. The van der Waals surface area contributed by atoms with Gasteiger partial charge in [0.15, 0.2) is 0 Å². The molecule has 1 aliphatic heterocycles. The fraction of sp³-hybridized carbons (Fsp3) is 0.600. The Hall–Kier alpha value is -1.02. The Bertz CT molecular complexity index is 374. The summed E-state index contributed by atoms with van der Waals surface area (Å²) in [5.74, 6) is 1.03. The van der Waals surface area contributed by atoms with Gasteiger partial charge in [-0.1, -0.05) is 12.1 Å². The predicted octanol–water partition coefficient (Wildman–Crippen LogP) is 3.22. The first-order chi connectivity index (χ1) is 8.26. The molecule has 1 aliphatic carbocycles. The normalized spacial score (nSPS) is 29.0. The van der Waals surface area contributed by atoms with E-state index in [1.54, 1.807) is 0 Å². The van der Waals surface area contributed by atoms with Crippen LogP contribution in [0.5, 0.6) is 5.75 Å². The topological polar surface area (TPSA) is 21.3 Å². The minimum atomic E-state index is 0.176. The van der Waals surface area contributed by atoms with Crippen LogP contribution in [0, 0.1) is 0 Å². The number of ether oxygens (including phenoxy) is 1. The summed E-state index contributed by atoms with van der Waals surface area (Å²) >= 11 is 0. The fourth-order valence-electron chi connectivity index (χ4n) is 2.72. The average Bonchev–Trinajstić information content (AvgIpc) is 2.73. The lowest BCUT2D eigenvalue weighted by atomic mass is 9.90. The number of hydrogen-bond acceptors (Lipinski definition) is 2. The molecule has 0 radical (unpaired) electrons. The minimum absolute atomic E-state index is 0.176. The van der Waals surface area contributed by atoms with Crippen molar-refractivity contribution >= 4 is 0 Å². The van der Waals surface area contributed by atoms with Gasteiger partial charge in [-0.25, -0.2) is 0 Å². The summed E-state index contributed by atoms with van der Waals surface area (Å²) in [7, 11) is 0. The summed E-state index contributed by atoms with van der Waals surface area (Å²) in [5.41, 5.74) is 1.56. The van der Waals surface area contributed by atoms with Crippen molar-refractivity contribution in [3.8, 4) is 5.75 Å². The lowest BCUT2D eigenvalue weighted by molar-refractivity contribution is 0.120. The molecule has 17 heavy (non-hydrogen) atoms. The van der Waals surface area contributed by atoms with Crippen molar-refractivity contribution in [3.05, 3.63) is 29.8 Å². The molecule has 1 N–H and O–H groups in total. The summed E-state index contributed by atoms with van der Waals surface area (Å²) in [6.07, 6.45) is 6.75. The van der Waals surface area contributed by atoms with Gasteiger partial charge in [0.2, 0.25) is 0 Å². The maximum Gasteiger partial charge on any atom is 0.119 e. The highest BCUT2D eigenvalue weighted by Crippen LogP contribution is 2.32. The van der Waals surface area contributed by atoms with Gasteiger partial charge in [0.1, 0.15) is 5.75 Å². The first-order valence-electron chi connectivity index (χ1n) is 6.78. The van der Waals surface area contributed by atoms with Crippen molar-refractivity contribution in [2.24, 2.45) is 0 Å². The van der Waals surface area contributed by atoms with Crippen LogP contribution >= 0.6 is 0 Å². The largest absolute Gasteiger partial charge is 0.490 e. The number of hydrogen-bond donors (Lipinski definition) is 1. The van der Waals surface area contributed by atoms with Gasteiger partial charge < -0.3 is 10.1 Å². The van der Waals surface area contributed by atoms with Gasteiger partial charge in [-0.15, -0.1) is 0 Å². The Morgan fingerprint density at radius 3 is 2.47 bits per heavy atom. The zero-order chi connectivity index (χ0) is 11.7. The molecule has 0 aromatic heterocycles. The Labute approximate surface area is 103 Å². The predicted molar refractivity (Wildman–Crippen MR) is 69.3 cm³/mol. The number of benzene rings is 1. The van der Waals surface area contributed by atoms with Crippen LogP contribution in [0.1, 0.15) is 44.6 Å². The van der Waals surface area contributed by atoms with Crippen LogP contribution in [0.3, 0.4) is 0 Å². The molecule has 1 atom stereocenters. The van der Waals surface area contributed by atoms with Crippen molar-refractivity contribution in [2.45, 2.75) is 50.7 Å². The maximum absolute atomic E-state index is 5.88. The van der Waals surface area contributed by atoms with Gasteiger partial charge in [-0.2, -0.15) is 0 Å². The summed E-state index contributed by atoms with van der Waals surface area (Å²) in [6, 6.07) is 8.68. The molecule has 2 aliphatic rings. The van der Waals surface area contributed by atoms with Crippen molar-refractivity contribution in [3.63, 3.8) is 0 Å². The highest BCUT2D eigenvalue weighted by Gasteiger charge is 2.29. The lowest BCUT2D eigenvalue weighted by Gasteiger charge is -2.28. The zero-order valence-corrected chi connectivity index (χ0v) is 10.5. The van der Waals surface area contributed by atoms with Gasteiger partial charge in [0.05, 0.1) is 6.10 Å². The molecular formula is C15H21NO. The number of rotatable bonds is 3. The van der Waals surface area contributed by atoms with E-state index in [2.05, 4.69) is 36.5 Å². The third-order valence-electron chi connectivity index (χ3n) is 4.22. The molecule has 1 unspecified atom stereocenters. The fourth-order valence-corrected chi connectivity index (χ4v) is 2.72. The van der Waals surface area contributed by atoms with E-state index in [4.69, 9.17) is 4.74 Å². The van der Waals surface area contributed by atoms with Crippen LogP contribution in [0.15, 0.2) is 24.3 Å². The molecule has 1 saturated carbocycles. The van der Waals surface area contributed by atoms with Crippen LogP contribution in [0.25, 0.3) is 0 Å². The molecule has 3 rings (SSSR count). The maximum atomic E-state index is 5.88. The first kappa shape index (κ1) is 11.1. The molecule has 0 amide bonds. The van der Waals surface area contributed by atoms with Crippen LogP contribution in [0.2, 0.25) is 0 Å². The van der Waals surface area contributed by atoms with Crippen molar-refractivity contribution in [1.29, 1.82) is 0 Å². The van der Waals surface area contributed by atoms with Gasteiger partial charge in [-0.05, 0) is 63.3 Å². The SMILES string of the molecule is CC1(c2ccc(OC3CCC3)cc2)CCCN1. The molecule has 2 fully saturated rings. The standard InChI is InChI=1S/C15H21NO/c1-15(10-3-11-16-15)12-6-8-14(9-7-12)17-13-4-2-5-13/h6-9,13,16H,2-5,10-11H2,1H3. The molecule has 2 nitrogen and oxygen atoms in total. The monoisotopic (exact) mass is 231 g/mol. The van der Waals surface area contributed by atoms with Crippen molar-refractivity contribution in [2.75, 3.05) is 6.54 Å². The summed E-state index contributed by atoms with van der Waals surface area (Å²) in [6.45, 7) is 3.43. The Balaban J connectivity index is 1.70. The second-order valence-electron chi connectivity index (χ2n) is 5.56. The molecule has 0 bridgehead atoms. The van der Waals surface area contributed by atoms with Gasteiger partial charge in [0.25, 0.3) is 0 Å². The Kier molecular flexibility index (Phi) is 2.83. The quantitative estimate of drug-likeness (QED) is 0.862. The second kappa shape index (κ2) is 4.34. The third kappa shape index (κ3) is 2.19. The molecule has 1 aromatic carbocycles. The van der Waals surface area contributed by atoms with Crippen molar-refractivity contribution < 1.29 is 4.74 Å². The van der Waals surface area contributed by atoms with E-state index in [1.807, 2.05) is 0 Å². The van der Waals surface area contributed by atoms with Gasteiger partial charge >= 0.3 is 0 Å². The molecule has 2 heteroatoms. The van der Waals surface area contributed by atoms with Crippen LogP contribution in [-0.2, 0) is 5.54 Å². The third-order valence-corrected chi connectivity index (χ3v) is 4.22. The van der Waals surface area contributed by atoms with E-state index in [1.165, 1.54) is 37.7 Å². The molecular weight excluding hydrogens is 210 g/mol. The lowest BCUT2D eigenvalue weighted by Crippen LogP contribution is -2.33. The second-order valence-corrected chi connectivity index (χ2v) is 5.56. The van der Waals surface area contributed by atoms with Crippen LogP contribution in [0.4, 0.5) is 0 Å². The van der Waals surface area contributed by atoms with Crippen molar-refractivity contribution in [1.82, 2.24) is 5.32 Å².